The number of urea groups is 1. The molecule has 1 aliphatic heterocycles. The zero-order valence-corrected chi connectivity index (χ0v) is 14.3. The number of anilines is 1. The first-order valence-electron chi connectivity index (χ1n) is 7.92. The van der Waals surface area contributed by atoms with E-state index in [0.717, 1.165) is 30.2 Å². The van der Waals surface area contributed by atoms with Gasteiger partial charge in [-0.05, 0) is 24.6 Å². The van der Waals surface area contributed by atoms with Gasteiger partial charge in [0.1, 0.15) is 12.1 Å². The van der Waals surface area contributed by atoms with Gasteiger partial charge in [0.2, 0.25) is 0 Å². The van der Waals surface area contributed by atoms with E-state index in [1.165, 1.54) is 0 Å². The van der Waals surface area contributed by atoms with Crippen molar-refractivity contribution in [3.05, 3.63) is 52.9 Å². The Morgan fingerprint density at radius 1 is 1.17 bits per heavy atom. The Kier molecular flexibility index (Phi) is 5.15. The van der Waals surface area contributed by atoms with Gasteiger partial charge in [0, 0.05) is 49.5 Å². The fourth-order valence-corrected chi connectivity index (χ4v) is 2.77. The van der Waals surface area contributed by atoms with Gasteiger partial charge in [0.05, 0.1) is 0 Å². The second-order valence-electron chi connectivity index (χ2n) is 5.78. The lowest BCUT2D eigenvalue weighted by Crippen LogP contribution is -2.51. The Morgan fingerprint density at radius 2 is 1.88 bits per heavy atom. The standard InChI is InChI=1S/C17H20ClN5O/c1-13-10-16(21-12-20-13)22-6-8-23(9-7-22)17(24)19-11-14-2-4-15(18)5-3-14/h2-5,10,12H,6-9,11H2,1H3,(H,19,24). The molecule has 1 N–H and O–H groups in total. The second kappa shape index (κ2) is 7.49. The normalized spacial score (nSPS) is 14.6. The zero-order chi connectivity index (χ0) is 16.9. The van der Waals surface area contributed by atoms with Crippen molar-refractivity contribution in [1.29, 1.82) is 0 Å². The number of nitrogens with zero attached hydrogens (tertiary/aromatic N) is 4. The first-order valence-corrected chi connectivity index (χ1v) is 8.30. The zero-order valence-electron chi connectivity index (χ0n) is 13.6. The average molecular weight is 346 g/mol. The minimum Gasteiger partial charge on any atom is -0.353 e. The highest BCUT2D eigenvalue weighted by atomic mass is 35.5. The molecule has 1 aromatic carbocycles. The van der Waals surface area contributed by atoms with Gasteiger partial charge in [-0.15, -0.1) is 0 Å². The number of amides is 2. The fraction of sp³-hybridized carbons (Fsp3) is 0.353. The first kappa shape index (κ1) is 16.5. The molecular weight excluding hydrogens is 326 g/mol. The number of aromatic nitrogens is 2. The van der Waals surface area contributed by atoms with E-state index < -0.39 is 0 Å². The van der Waals surface area contributed by atoms with Crippen molar-refractivity contribution in [2.24, 2.45) is 0 Å². The number of piperazine rings is 1. The number of carbonyl (C=O) groups excluding carboxylic acids is 1. The molecule has 0 saturated carbocycles. The smallest absolute Gasteiger partial charge is 0.317 e. The number of halogens is 1. The van der Waals surface area contributed by atoms with Gasteiger partial charge in [0.15, 0.2) is 0 Å². The molecule has 24 heavy (non-hydrogen) atoms. The molecule has 0 atom stereocenters. The summed E-state index contributed by atoms with van der Waals surface area (Å²) in [6.45, 7) is 5.34. The quantitative estimate of drug-likeness (QED) is 0.928. The number of nitrogens with one attached hydrogen (secondary N) is 1. The Hall–Kier alpha value is -2.34. The van der Waals surface area contributed by atoms with Crippen LogP contribution in [0.25, 0.3) is 0 Å². The van der Waals surface area contributed by atoms with Crippen molar-refractivity contribution in [2.45, 2.75) is 13.5 Å². The average Bonchev–Trinajstić information content (AvgIpc) is 2.61. The van der Waals surface area contributed by atoms with E-state index in [2.05, 4.69) is 20.2 Å². The molecule has 1 saturated heterocycles. The molecule has 0 spiro atoms. The predicted octanol–water partition coefficient (Wildman–Crippen LogP) is 2.47. The summed E-state index contributed by atoms with van der Waals surface area (Å²) in [5, 5.41) is 3.65. The van der Waals surface area contributed by atoms with Crippen molar-refractivity contribution >= 4 is 23.4 Å². The molecule has 0 unspecified atom stereocenters. The lowest BCUT2D eigenvalue weighted by molar-refractivity contribution is 0.194. The number of hydrogen-bond donors (Lipinski definition) is 1. The molecule has 1 aromatic heterocycles. The van der Waals surface area contributed by atoms with Crippen molar-refractivity contribution < 1.29 is 4.79 Å². The number of carbonyl (C=O) groups is 1. The largest absolute Gasteiger partial charge is 0.353 e. The van der Waals surface area contributed by atoms with Crippen LogP contribution in [-0.4, -0.2) is 47.1 Å². The monoisotopic (exact) mass is 345 g/mol. The van der Waals surface area contributed by atoms with E-state index in [0.29, 0.717) is 24.7 Å². The third-order valence-electron chi connectivity index (χ3n) is 4.04. The number of hydrogen-bond acceptors (Lipinski definition) is 4. The SMILES string of the molecule is Cc1cc(N2CCN(C(=O)NCc3ccc(Cl)cc3)CC2)ncn1. The molecule has 3 rings (SSSR count). The number of rotatable bonds is 3. The van der Waals surface area contributed by atoms with Gasteiger partial charge in [-0.25, -0.2) is 14.8 Å². The third-order valence-corrected chi connectivity index (χ3v) is 4.29. The van der Waals surface area contributed by atoms with E-state index >= 15 is 0 Å². The minimum atomic E-state index is -0.0385. The maximum Gasteiger partial charge on any atom is 0.317 e. The van der Waals surface area contributed by atoms with Crippen LogP contribution in [0, 0.1) is 6.92 Å². The van der Waals surface area contributed by atoms with Gasteiger partial charge in [-0.2, -0.15) is 0 Å². The lowest BCUT2D eigenvalue weighted by Gasteiger charge is -2.35. The van der Waals surface area contributed by atoms with Crippen LogP contribution in [0.4, 0.5) is 10.6 Å². The van der Waals surface area contributed by atoms with Crippen molar-refractivity contribution in [3.8, 4) is 0 Å². The van der Waals surface area contributed by atoms with Crippen molar-refractivity contribution in [3.63, 3.8) is 0 Å². The molecule has 0 radical (unpaired) electrons. The van der Waals surface area contributed by atoms with E-state index in [9.17, 15) is 4.79 Å². The van der Waals surface area contributed by atoms with Crippen molar-refractivity contribution in [1.82, 2.24) is 20.2 Å². The van der Waals surface area contributed by atoms with E-state index in [1.54, 1.807) is 6.33 Å². The summed E-state index contributed by atoms with van der Waals surface area (Å²) >= 11 is 5.86. The minimum absolute atomic E-state index is 0.0385. The Bertz CT molecular complexity index is 698. The Morgan fingerprint density at radius 3 is 2.54 bits per heavy atom. The summed E-state index contributed by atoms with van der Waals surface area (Å²) in [6.07, 6.45) is 1.58. The molecule has 2 heterocycles. The molecule has 2 aromatic rings. The van der Waals surface area contributed by atoms with Crippen LogP contribution in [0.5, 0.6) is 0 Å². The molecule has 7 heteroatoms. The molecular formula is C17H20ClN5O. The second-order valence-corrected chi connectivity index (χ2v) is 6.21. The maximum atomic E-state index is 12.3. The molecule has 0 bridgehead atoms. The van der Waals surface area contributed by atoms with E-state index in [-0.39, 0.29) is 6.03 Å². The topological polar surface area (TPSA) is 61.4 Å². The summed E-state index contributed by atoms with van der Waals surface area (Å²) in [4.78, 5) is 24.7. The maximum absolute atomic E-state index is 12.3. The Labute approximate surface area is 146 Å². The molecule has 1 fully saturated rings. The number of aryl methyl sites for hydroxylation is 1. The first-order chi connectivity index (χ1) is 11.6. The summed E-state index contributed by atoms with van der Waals surface area (Å²) in [5.41, 5.74) is 1.98. The van der Waals surface area contributed by atoms with E-state index in [4.69, 9.17) is 11.6 Å². The van der Waals surface area contributed by atoms with Gasteiger partial charge in [-0.1, -0.05) is 23.7 Å². The van der Waals surface area contributed by atoms with Gasteiger partial charge in [-0.3, -0.25) is 0 Å². The van der Waals surface area contributed by atoms with Crippen LogP contribution in [-0.2, 0) is 6.54 Å². The fourth-order valence-electron chi connectivity index (χ4n) is 2.64. The highest BCUT2D eigenvalue weighted by Crippen LogP contribution is 2.14. The molecule has 126 valence electrons. The summed E-state index contributed by atoms with van der Waals surface area (Å²) in [7, 11) is 0. The molecule has 1 aliphatic rings. The number of benzene rings is 1. The van der Waals surface area contributed by atoms with Crippen LogP contribution >= 0.6 is 11.6 Å². The van der Waals surface area contributed by atoms with Crippen LogP contribution < -0.4 is 10.2 Å². The van der Waals surface area contributed by atoms with Crippen LogP contribution in [0.3, 0.4) is 0 Å². The van der Waals surface area contributed by atoms with E-state index in [1.807, 2.05) is 42.2 Å². The Balaban J connectivity index is 1.49. The van der Waals surface area contributed by atoms with Gasteiger partial charge >= 0.3 is 6.03 Å². The summed E-state index contributed by atoms with van der Waals surface area (Å²) < 4.78 is 0. The van der Waals surface area contributed by atoms with Gasteiger partial charge in [0.25, 0.3) is 0 Å². The third kappa shape index (κ3) is 4.14. The van der Waals surface area contributed by atoms with Crippen LogP contribution in [0.15, 0.2) is 36.7 Å². The molecule has 0 aliphatic carbocycles. The highest BCUT2D eigenvalue weighted by Gasteiger charge is 2.21. The predicted molar refractivity (Wildman–Crippen MR) is 94.2 cm³/mol. The van der Waals surface area contributed by atoms with Crippen LogP contribution in [0.1, 0.15) is 11.3 Å². The molecule has 6 nitrogen and oxygen atoms in total. The van der Waals surface area contributed by atoms with Crippen molar-refractivity contribution in [2.75, 3.05) is 31.1 Å². The molecule has 2 amide bonds. The van der Waals surface area contributed by atoms with Crippen LogP contribution in [0.2, 0.25) is 5.02 Å². The highest BCUT2D eigenvalue weighted by molar-refractivity contribution is 6.30. The summed E-state index contributed by atoms with van der Waals surface area (Å²) in [6, 6.07) is 9.41. The summed E-state index contributed by atoms with van der Waals surface area (Å²) in [5.74, 6) is 0.920. The lowest BCUT2D eigenvalue weighted by atomic mass is 10.2. The van der Waals surface area contributed by atoms with Gasteiger partial charge < -0.3 is 15.1 Å².